The molecule has 0 aliphatic carbocycles. The predicted molar refractivity (Wildman–Crippen MR) is 123 cm³/mol. The molecule has 0 bridgehead atoms. The molecule has 2 aromatic carbocycles. The number of rotatable bonds is 9. The zero-order valence-electron chi connectivity index (χ0n) is 19.5. The van der Waals surface area contributed by atoms with Gasteiger partial charge in [0.1, 0.15) is 22.1 Å². The number of carbonyl (C=O) groups is 1. The van der Waals surface area contributed by atoms with E-state index in [4.69, 9.17) is 19.9 Å². The van der Waals surface area contributed by atoms with Gasteiger partial charge in [0.05, 0.1) is 21.3 Å². The maximum atomic E-state index is 13.5. The van der Waals surface area contributed by atoms with Crippen LogP contribution in [0.1, 0.15) is 66.6 Å². The minimum Gasteiger partial charge on any atom is -0.496 e. The van der Waals surface area contributed by atoms with Crippen LogP contribution in [0.3, 0.4) is 0 Å². The molecule has 0 saturated carbocycles. The zero-order chi connectivity index (χ0) is 24.4. The molecular formula is C23H31NO7S. The highest BCUT2D eigenvalue weighted by molar-refractivity contribution is 7.86. The number of ether oxygens (including phenoxy) is 3. The lowest BCUT2D eigenvalue weighted by Crippen LogP contribution is -2.19. The van der Waals surface area contributed by atoms with Gasteiger partial charge in [-0.15, -0.1) is 0 Å². The molecule has 8 nitrogen and oxygen atoms in total. The number of ketones is 1. The van der Waals surface area contributed by atoms with Crippen LogP contribution in [-0.4, -0.2) is 40.1 Å². The summed E-state index contributed by atoms with van der Waals surface area (Å²) in [6, 6.07) is 4.71. The third kappa shape index (κ3) is 4.99. The molecule has 2 aromatic rings. The Kier molecular flexibility index (Phi) is 7.79. The van der Waals surface area contributed by atoms with E-state index >= 15 is 0 Å². The fourth-order valence-corrected chi connectivity index (χ4v) is 5.02. The fraction of sp³-hybridized carbons (Fsp3) is 0.435. The number of hydrogen-bond acceptors (Lipinski definition) is 7. The van der Waals surface area contributed by atoms with Crippen molar-refractivity contribution in [3.8, 4) is 17.2 Å². The molecule has 0 atom stereocenters. The van der Waals surface area contributed by atoms with Crippen molar-refractivity contribution in [2.45, 2.75) is 50.8 Å². The molecule has 176 valence electrons. The van der Waals surface area contributed by atoms with Crippen LogP contribution >= 0.6 is 0 Å². The Morgan fingerprint density at radius 2 is 1.50 bits per heavy atom. The number of carbonyl (C=O) groups excluding carboxylic acids is 1. The summed E-state index contributed by atoms with van der Waals surface area (Å²) in [5, 5.41) is 0. The van der Waals surface area contributed by atoms with Crippen molar-refractivity contribution >= 4 is 21.6 Å². The molecular weight excluding hydrogens is 434 g/mol. The van der Waals surface area contributed by atoms with Crippen molar-refractivity contribution in [3.63, 3.8) is 0 Å². The van der Waals surface area contributed by atoms with Crippen LogP contribution in [0.4, 0.5) is 5.69 Å². The van der Waals surface area contributed by atoms with Crippen molar-refractivity contribution in [1.29, 1.82) is 0 Å². The highest BCUT2D eigenvalue weighted by Crippen LogP contribution is 2.40. The van der Waals surface area contributed by atoms with Gasteiger partial charge in [0.25, 0.3) is 10.1 Å². The van der Waals surface area contributed by atoms with Gasteiger partial charge in [0.2, 0.25) is 0 Å². The first-order valence-corrected chi connectivity index (χ1v) is 11.6. The Morgan fingerprint density at radius 3 is 1.88 bits per heavy atom. The summed E-state index contributed by atoms with van der Waals surface area (Å²) in [7, 11) is -0.182. The Hall–Kier alpha value is -2.78. The molecule has 0 amide bonds. The molecule has 0 heterocycles. The minimum absolute atomic E-state index is 0.0666. The molecule has 0 saturated heterocycles. The highest BCUT2D eigenvalue weighted by Gasteiger charge is 2.31. The van der Waals surface area contributed by atoms with E-state index in [9.17, 15) is 17.8 Å². The van der Waals surface area contributed by atoms with E-state index in [1.165, 1.54) is 27.4 Å². The van der Waals surface area contributed by atoms with Crippen LogP contribution in [0.15, 0.2) is 23.1 Å². The summed E-state index contributed by atoms with van der Waals surface area (Å²) >= 11 is 0. The van der Waals surface area contributed by atoms with Crippen LogP contribution < -0.4 is 19.9 Å². The molecule has 0 aliphatic rings. The van der Waals surface area contributed by atoms with Gasteiger partial charge in [-0.1, -0.05) is 27.7 Å². The molecule has 0 fully saturated rings. The summed E-state index contributed by atoms with van der Waals surface area (Å²) in [5.41, 5.74) is 7.53. The Labute approximate surface area is 189 Å². The monoisotopic (exact) mass is 465 g/mol. The van der Waals surface area contributed by atoms with E-state index in [1.807, 2.05) is 0 Å². The summed E-state index contributed by atoms with van der Waals surface area (Å²) < 4.78 is 50.8. The van der Waals surface area contributed by atoms with E-state index in [2.05, 4.69) is 0 Å². The smallest absolute Gasteiger partial charge is 0.295 e. The second-order valence-corrected chi connectivity index (χ2v) is 9.43. The van der Waals surface area contributed by atoms with Gasteiger partial charge in [-0.25, -0.2) is 0 Å². The second-order valence-electron chi connectivity index (χ2n) is 8.07. The molecule has 0 aromatic heterocycles. The number of nitrogen functional groups attached to an aromatic ring is 1. The van der Waals surface area contributed by atoms with E-state index in [0.717, 1.165) is 0 Å². The highest BCUT2D eigenvalue weighted by atomic mass is 32.2. The third-order valence-corrected chi connectivity index (χ3v) is 6.24. The van der Waals surface area contributed by atoms with E-state index < -0.39 is 21.8 Å². The summed E-state index contributed by atoms with van der Waals surface area (Å²) in [4.78, 5) is 13.3. The lowest BCUT2D eigenvalue weighted by atomic mass is 9.86. The first-order chi connectivity index (χ1) is 14.9. The quantitative estimate of drug-likeness (QED) is 0.320. The van der Waals surface area contributed by atoms with Gasteiger partial charge in [-0.05, 0) is 29.0 Å². The summed E-state index contributed by atoms with van der Waals surface area (Å²) in [5.74, 6) is 0.200. The number of methoxy groups -OCH3 is 3. The molecule has 0 unspecified atom stereocenters. The number of nitrogens with two attached hydrogens (primary N) is 1. The number of anilines is 1. The molecule has 0 spiro atoms. The fourth-order valence-electron chi connectivity index (χ4n) is 3.81. The van der Waals surface area contributed by atoms with Crippen molar-refractivity contribution in [1.82, 2.24) is 0 Å². The maximum Gasteiger partial charge on any atom is 0.295 e. The lowest BCUT2D eigenvalue weighted by Gasteiger charge is -2.23. The molecule has 32 heavy (non-hydrogen) atoms. The predicted octanol–water partition coefficient (Wildman–Crippen LogP) is 4.21. The third-order valence-electron chi connectivity index (χ3n) is 5.27. The van der Waals surface area contributed by atoms with Gasteiger partial charge >= 0.3 is 0 Å². The molecule has 2 rings (SSSR count). The van der Waals surface area contributed by atoms with Gasteiger partial charge in [0, 0.05) is 35.4 Å². The van der Waals surface area contributed by atoms with Crippen molar-refractivity contribution in [2.75, 3.05) is 27.1 Å². The Morgan fingerprint density at radius 1 is 0.969 bits per heavy atom. The van der Waals surface area contributed by atoms with E-state index in [1.54, 1.807) is 39.8 Å². The molecule has 3 N–H and O–H groups in total. The standard InChI is InChI=1S/C23H31NO7S/c1-12(2)15-10-17(24)22(21(13(3)4)23(15)32(26,27)28)18(25)11-16-19(30-6)8-14(29-5)9-20(16)31-7/h8-10,12-13H,11,24H2,1-7H3,(H,26,27,28). The van der Waals surface area contributed by atoms with Crippen LogP contribution in [0.25, 0.3) is 0 Å². The Bertz CT molecular complexity index is 1100. The molecule has 0 aliphatic heterocycles. The zero-order valence-corrected chi connectivity index (χ0v) is 20.3. The number of Topliss-reactive ketones (excluding diaryl/α,β-unsaturated/α-hetero) is 1. The lowest BCUT2D eigenvalue weighted by molar-refractivity contribution is 0.0990. The van der Waals surface area contributed by atoms with Crippen LogP contribution in [0.5, 0.6) is 17.2 Å². The number of benzene rings is 2. The average Bonchev–Trinajstić information content (AvgIpc) is 2.71. The van der Waals surface area contributed by atoms with Crippen molar-refractivity contribution in [3.05, 3.63) is 40.5 Å². The van der Waals surface area contributed by atoms with Crippen molar-refractivity contribution in [2.24, 2.45) is 0 Å². The second kappa shape index (κ2) is 9.79. The van der Waals surface area contributed by atoms with Gasteiger partial charge < -0.3 is 19.9 Å². The first-order valence-electron chi connectivity index (χ1n) is 10.1. The summed E-state index contributed by atoms with van der Waals surface area (Å²) in [6.45, 7) is 7.09. The Balaban J connectivity index is 2.79. The average molecular weight is 466 g/mol. The van der Waals surface area contributed by atoms with Gasteiger partial charge in [-0.2, -0.15) is 8.42 Å². The summed E-state index contributed by atoms with van der Waals surface area (Å²) in [6.07, 6.45) is -0.161. The topological polar surface area (TPSA) is 125 Å². The van der Waals surface area contributed by atoms with Crippen LogP contribution in [0, 0.1) is 0 Å². The first kappa shape index (κ1) is 25.5. The van der Waals surface area contributed by atoms with Crippen molar-refractivity contribution < 1.29 is 32.0 Å². The molecule has 0 radical (unpaired) electrons. The number of hydrogen-bond donors (Lipinski definition) is 2. The molecule has 9 heteroatoms. The SMILES string of the molecule is COc1cc(OC)c(CC(=O)c2c(N)cc(C(C)C)c(S(=O)(=O)O)c2C(C)C)c(OC)c1. The van der Waals surface area contributed by atoms with Crippen LogP contribution in [-0.2, 0) is 16.5 Å². The van der Waals surface area contributed by atoms with E-state index in [-0.39, 0.29) is 34.0 Å². The minimum atomic E-state index is -4.61. The van der Waals surface area contributed by atoms with E-state index in [0.29, 0.717) is 28.4 Å². The normalized spacial score (nSPS) is 11.7. The largest absolute Gasteiger partial charge is 0.496 e. The van der Waals surface area contributed by atoms with Crippen LogP contribution in [0.2, 0.25) is 0 Å². The van der Waals surface area contributed by atoms with Gasteiger partial charge in [0.15, 0.2) is 5.78 Å². The van der Waals surface area contributed by atoms with Gasteiger partial charge in [-0.3, -0.25) is 9.35 Å². The maximum absolute atomic E-state index is 13.5.